The van der Waals surface area contributed by atoms with Crippen molar-refractivity contribution < 1.29 is 14.6 Å². The molecule has 1 aliphatic carbocycles. The predicted molar refractivity (Wildman–Crippen MR) is 73.8 cm³/mol. The Morgan fingerprint density at radius 2 is 1.79 bits per heavy atom. The van der Waals surface area contributed by atoms with E-state index in [1.165, 1.54) is 6.42 Å². The van der Waals surface area contributed by atoms with Crippen molar-refractivity contribution in [2.75, 3.05) is 0 Å². The number of phenolic OH excluding ortho intramolecular Hbond substituents is 1. The number of carbonyl (C=O) groups is 1. The van der Waals surface area contributed by atoms with Gasteiger partial charge in [0, 0.05) is 5.57 Å². The lowest BCUT2D eigenvalue weighted by atomic mass is 9.79. The Bertz CT molecular complexity index is 467. The highest BCUT2D eigenvalue weighted by molar-refractivity contribution is 5.87. The van der Waals surface area contributed by atoms with Crippen molar-refractivity contribution in [2.45, 2.75) is 44.6 Å². The first-order valence-corrected chi connectivity index (χ1v) is 6.72. The molecule has 0 unspecified atom stereocenters. The van der Waals surface area contributed by atoms with Crippen LogP contribution in [0, 0.1) is 0 Å². The van der Waals surface area contributed by atoms with Gasteiger partial charge in [0.2, 0.25) is 0 Å². The second kappa shape index (κ2) is 5.47. The van der Waals surface area contributed by atoms with Gasteiger partial charge in [0.1, 0.15) is 11.4 Å². The molecule has 2 rings (SSSR count). The monoisotopic (exact) mass is 260 g/mol. The zero-order valence-electron chi connectivity index (χ0n) is 11.3. The van der Waals surface area contributed by atoms with Gasteiger partial charge in [0.15, 0.2) is 0 Å². The zero-order chi connectivity index (χ0) is 13.9. The third-order valence-corrected chi connectivity index (χ3v) is 3.69. The predicted octanol–water partition coefficient (Wildman–Crippen LogP) is 3.67. The van der Waals surface area contributed by atoms with Crippen molar-refractivity contribution in [3.63, 3.8) is 0 Å². The van der Waals surface area contributed by atoms with Gasteiger partial charge in [-0.15, -0.1) is 0 Å². The molecular formula is C16H20O3. The minimum Gasteiger partial charge on any atom is -0.508 e. The van der Waals surface area contributed by atoms with Gasteiger partial charge in [-0.3, -0.25) is 0 Å². The van der Waals surface area contributed by atoms with Crippen molar-refractivity contribution >= 4 is 5.97 Å². The van der Waals surface area contributed by atoms with Crippen LogP contribution in [0.25, 0.3) is 0 Å². The summed E-state index contributed by atoms with van der Waals surface area (Å²) in [6.45, 7) is 5.31. The normalized spacial score (nSPS) is 17.7. The first kappa shape index (κ1) is 13.7. The van der Waals surface area contributed by atoms with Crippen molar-refractivity contribution in [1.29, 1.82) is 0 Å². The summed E-state index contributed by atoms with van der Waals surface area (Å²) < 4.78 is 5.75. The molecule has 1 fully saturated rings. The molecule has 1 aromatic rings. The van der Waals surface area contributed by atoms with E-state index in [9.17, 15) is 9.90 Å². The number of benzene rings is 1. The molecule has 19 heavy (non-hydrogen) atoms. The van der Waals surface area contributed by atoms with Gasteiger partial charge in [-0.25, -0.2) is 4.79 Å². The van der Waals surface area contributed by atoms with E-state index < -0.39 is 5.60 Å². The summed E-state index contributed by atoms with van der Waals surface area (Å²) in [6, 6.07) is 6.96. The fourth-order valence-electron chi connectivity index (χ4n) is 2.60. The van der Waals surface area contributed by atoms with Crippen molar-refractivity contribution in [1.82, 2.24) is 0 Å². The summed E-state index contributed by atoms with van der Waals surface area (Å²) in [4.78, 5) is 11.9. The van der Waals surface area contributed by atoms with Crippen LogP contribution in [0.15, 0.2) is 36.4 Å². The molecule has 0 radical (unpaired) electrons. The summed E-state index contributed by atoms with van der Waals surface area (Å²) >= 11 is 0. The van der Waals surface area contributed by atoms with Crippen LogP contribution in [0.5, 0.6) is 5.75 Å². The van der Waals surface area contributed by atoms with Crippen LogP contribution in [-0.2, 0) is 15.1 Å². The molecule has 3 heteroatoms. The average molecular weight is 260 g/mol. The lowest BCUT2D eigenvalue weighted by Gasteiger charge is -2.37. The Balaban J connectivity index is 2.31. The third-order valence-electron chi connectivity index (χ3n) is 3.69. The Morgan fingerprint density at radius 1 is 1.21 bits per heavy atom. The smallest absolute Gasteiger partial charge is 0.333 e. The molecule has 102 valence electrons. The Kier molecular flexibility index (Phi) is 3.93. The quantitative estimate of drug-likeness (QED) is 0.666. The van der Waals surface area contributed by atoms with Gasteiger partial charge in [-0.1, -0.05) is 25.1 Å². The van der Waals surface area contributed by atoms with E-state index in [0.29, 0.717) is 5.57 Å². The van der Waals surface area contributed by atoms with E-state index in [-0.39, 0.29) is 11.7 Å². The molecule has 1 aromatic carbocycles. The number of esters is 1. The molecule has 0 aromatic heterocycles. The topological polar surface area (TPSA) is 46.5 Å². The second-order valence-corrected chi connectivity index (χ2v) is 5.27. The van der Waals surface area contributed by atoms with Gasteiger partial charge in [-0.05, 0) is 50.3 Å². The maximum Gasteiger partial charge on any atom is 0.333 e. The maximum atomic E-state index is 11.9. The highest BCUT2D eigenvalue weighted by Crippen LogP contribution is 2.41. The number of phenols is 1. The number of carbonyl (C=O) groups excluding carboxylic acids is 1. The van der Waals surface area contributed by atoms with Gasteiger partial charge in [0.05, 0.1) is 0 Å². The van der Waals surface area contributed by atoms with Crippen molar-refractivity contribution in [3.05, 3.63) is 42.0 Å². The van der Waals surface area contributed by atoms with Crippen LogP contribution in [0.4, 0.5) is 0 Å². The zero-order valence-corrected chi connectivity index (χ0v) is 11.3. The lowest BCUT2D eigenvalue weighted by molar-refractivity contribution is -0.160. The molecule has 0 spiro atoms. The van der Waals surface area contributed by atoms with E-state index in [2.05, 4.69) is 6.58 Å². The SMILES string of the molecule is C=C(C)C(=O)OC1(c2ccc(O)cc2)CCCCC1. The van der Waals surface area contributed by atoms with Crippen LogP contribution in [0.1, 0.15) is 44.6 Å². The van der Waals surface area contributed by atoms with E-state index >= 15 is 0 Å². The van der Waals surface area contributed by atoms with Crippen molar-refractivity contribution in [3.8, 4) is 5.75 Å². The molecule has 1 N–H and O–H groups in total. The molecule has 0 saturated heterocycles. The Morgan fingerprint density at radius 3 is 2.32 bits per heavy atom. The number of ether oxygens (including phenoxy) is 1. The minimum absolute atomic E-state index is 0.223. The summed E-state index contributed by atoms with van der Waals surface area (Å²) in [7, 11) is 0. The van der Waals surface area contributed by atoms with Crippen LogP contribution >= 0.6 is 0 Å². The maximum absolute atomic E-state index is 11.9. The fraction of sp³-hybridized carbons (Fsp3) is 0.438. The molecule has 1 saturated carbocycles. The number of aromatic hydroxyl groups is 1. The minimum atomic E-state index is -0.554. The first-order chi connectivity index (χ1) is 9.03. The first-order valence-electron chi connectivity index (χ1n) is 6.72. The highest BCUT2D eigenvalue weighted by atomic mass is 16.6. The van der Waals surface area contributed by atoms with Crippen LogP contribution < -0.4 is 0 Å². The van der Waals surface area contributed by atoms with Crippen LogP contribution in [-0.4, -0.2) is 11.1 Å². The Labute approximate surface area is 113 Å². The molecular weight excluding hydrogens is 240 g/mol. The van der Waals surface area contributed by atoms with Crippen LogP contribution in [0.2, 0.25) is 0 Å². The van der Waals surface area contributed by atoms with E-state index in [1.807, 2.05) is 12.1 Å². The second-order valence-electron chi connectivity index (χ2n) is 5.27. The van der Waals surface area contributed by atoms with Gasteiger partial charge < -0.3 is 9.84 Å². The average Bonchev–Trinajstić information content (AvgIpc) is 2.40. The molecule has 0 amide bonds. The van der Waals surface area contributed by atoms with E-state index in [0.717, 1.165) is 31.2 Å². The number of hydrogen-bond acceptors (Lipinski definition) is 3. The molecule has 1 aliphatic rings. The summed E-state index contributed by atoms with van der Waals surface area (Å²) in [5, 5.41) is 9.39. The summed E-state index contributed by atoms with van der Waals surface area (Å²) in [5.41, 5.74) is 0.824. The molecule has 0 aliphatic heterocycles. The molecule has 0 atom stereocenters. The summed E-state index contributed by atoms with van der Waals surface area (Å²) in [6.07, 6.45) is 4.92. The van der Waals surface area contributed by atoms with Gasteiger partial charge >= 0.3 is 5.97 Å². The molecule has 3 nitrogen and oxygen atoms in total. The number of hydrogen-bond donors (Lipinski definition) is 1. The molecule has 0 heterocycles. The van der Waals surface area contributed by atoms with E-state index in [4.69, 9.17) is 4.74 Å². The van der Waals surface area contributed by atoms with Crippen LogP contribution in [0.3, 0.4) is 0 Å². The highest BCUT2D eigenvalue weighted by Gasteiger charge is 2.37. The fourth-order valence-corrected chi connectivity index (χ4v) is 2.60. The molecule has 0 bridgehead atoms. The number of rotatable bonds is 3. The lowest BCUT2D eigenvalue weighted by Crippen LogP contribution is -2.34. The largest absolute Gasteiger partial charge is 0.508 e. The van der Waals surface area contributed by atoms with Crippen molar-refractivity contribution in [2.24, 2.45) is 0 Å². The van der Waals surface area contributed by atoms with Gasteiger partial charge in [0.25, 0.3) is 0 Å². The summed E-state index contributed by atoms with van der Waals surface area (Å²) in [5.74, 6) is -0.115. The van der Waals surface area contributed by atoms with Gasteiger partial charge in [-0.2, -0.15) is 0 Å². The standard InChI is InChI=1S/C16H20O3/c1-12(2)15(18)19-16(10-4-3-5-11-16)13-6-8-14(17)9-7-13/h6-9,17H,1,3-5,10-11H2,2H3. The van der Waals surface area contributed by atoms with E-state index in [1.54, 1.807) is 19.1 Å². The Hall–Kier alpha value is -1.77. The third kappa shape index (κ3) is 2.98.